The van der Waals surface area contributed by atoms with Gasteiger partial charge in [-0.1, -0.05) is 12.1 Å². The lowest BCUT2D eigenvalue weighted by Crippen LogP contribution is -2.25. The van der Waals surface area contributed by atoms with E-state index in [0.29, 0.717) is 19.4 Å². The number of amides is 1. The molecule has 0 saturated carbocycles. The molecule has 106 valence electrons. The molecule has 4 heteroatoms. The number of benzene rings is 1. The van der Waals surface area contributed by atoms with E-state index in [1.54, 1.807) is 13.4 Å². The van der Waals surface area contributed by atoms with Crippen molar-refractivity contribution in [1.29, 1.82) is 0 Å². The van der Waals surface area contributed by atoms with Gasteiger partial charge in [-0.25, -0.2) is 0 Å². The second-order valence-electron chi connectivity index (χ2n) is 4.53. The Morgan fingerprint density at radius 1 is 1.20 bits per heavy atom. The highest BCUT2D eigenvalue weighted by molar-refractivity contribution is 5.76. The molecule has 0 saturated heterocycles. The molecule has 2 aromatic rings. The molecule has 2 rings (SSSR count). The van der Waals surface area contributed by atoms with Crippen molar-refractivity contribution in [2.24, 2.45) is 0 Å². The highest BCUT2D eigenvalue weighted by Gasteiger charge is 2.03. The zero-order chi connectivity index (χ0) is 14.2. The number of nitrogens with one attached hydrogen (secondary N) is 1. The lowest BCUT2D eigenvalue weighted by atomic mass is 10.1. The van der Waals surface area contributed by atoms with Crippen molar-refractivity contribution in [2.45, 2.75) is 19.3 Å². The summed E-state index contributed by atoms with van der Waals surface area (Å²) in [5.41, 5.74) is 1.18. The number of rotatable bonds is 7. The molecule has 0 fully saturated rings. The summed E-state index contributed by atoms with van der Waals surface area (Å²) in [7, 11) is 1.65. The van der Waals surface area contributed by atoms with Crippen molar-refractivity contribution in [3.8, 4) is 5.75 Å². The zero-order valence-electron chi connectivity index (χ0n) is 11.6. The maximum atomic E-state index is 11.7. The van der Waals surface area contributed by atoms with Crippen molar-refractivity contribution in [3.63, 3.8) is 0 Å². The fraction of sp³-hybridized carbons (Fsp3) is 0.312. The van der Waals surface area contributed by atoms with Gasteiger partial charge >= 0.3 is 0 Å². The average molecular weight is 273 g/mol. The molecule has 1 aromatic heterocycles. The van der Waals surface area contributed by atoms with Gasteiger partial charge in [0.1, 0.15) is 11.5 Å². The number of carbonyl (C=O) groups excluding carboxylic acids is 1. The monoisotopic (exact) mass is 273 g/mol. The van der Waals surface area contributed by atoms with Crippen molar-refractivity contribution in [1.82, 2.24) is 5.32 Å². The molecule has 1 amide bonds. The molecule has 0 unspecified atom stereocenters. The van der Waals surface area contributed by atoms with Crippen molar-refractivity contribution in [2.75, 3.05) is 13.7 Å². The molecule has 0 atom stereocenters. The summed E-state index contributed by atoms with van der Waals surface area (Å²) >= 11 is 0. The highest BCUT2D eigenvalue weighted by Crippen LogP contribution is 2.11. The van der Waals surface area contributed by atoms with Crippen LogP contribution in [0.2, 0.25) is 0 Å². The normalized spacial score (nSPS) is 10.2. The van der Waals surface area contributed by atoms with Gasteiger partial charge in [0.05, 0.1) is 13.4 Å². The molecule has 0 radical (unpaired) electrons. The van der Waals surface area contributed by atoms with Gasteiger partial charge in [-0.05, 0) is 36.2 Å². The lowest BCUT2D eigenvalue weighted by molar-refractivity contribution is -0.121. The van der Waals surface area contributed by atoms with Crippen LogP contribution in [0, 0.1) is 0 Å². The first kappa shape index (κ1) is 14.2. The van der Waals surface area contributed by atoms with Crippen LogP contribution in [-0.2, 0) is 17.6 Å². The number of hydrogen-bond donors (Lipinski definition) is 1. The summed E-state index contributed by atoms with van der Waals surface area (Å²) in [5.74, 6) is 1.74. The summed E-state index contributed by atoms with van der Waals surface area (Å²) in [6, 6.07) is 11.6. The van der Waals surface area contributed by atoms with Crippen LogP contribution in [0.3, 0.4) is 0 Å². The van der Waals surface area contributed by atoms with Crippen LogP contribution >= 0.6 is 0 Å². The number of ether oxygens (including phenoxy) is 1. The van der Waals surface area contributed by atoms with E-state index in [0.717, 1.165) is 17.9 Å². The maximum absolute atomic E-state index is 11.7. The van der Waals surface area contributed by atoms with E-state index in [9.17, 15) is 4.79 Å². The SMILES string of the molecule is COc1ccc(CCNC(=O)CCc2ccco2)cc1. The first-order chi connectivity index (χ1) is 9.78. The molecule has 0 aliphatic rings. The minimum Gasteiger partial charge on any atom is -0.497 e. The van der Waals surface area contributed by atoms with Gasteiger partial charge in [-0.2, -0.15) is 0 Å². The predicted molar refractivity (Wildman–Crippen MR) is 76.7 cm³/mol. The quantitative estimate of drug-likeness (QED) is 0.843. The van der Waals surface area contributed by atoms with E-state index in [1.807, 2.05) is 36.4 Å². The Kier molecular flexibility index (Phi) is 5.24. The molecular weight excluding hydrogens is 254 g/mol. The van der Waals surface area contributed by atoms with E-state index in [2.05, 4.69) is 5.32 Å². The summed E-state index contributed by atoms with van der Waals surface area (Å²) in [6.45, 7) is 0.642. The number of methoxy groups -OCH3 is 1. The zero-order valence-corrected chi connectivity index (χ0v) is 11.6. The Labute approximate surface area is 118 Å². The van der Waals surface area contributed by atoms with Crippen molar-refractivity contribution in [3.05, 3.63) is 54.0 Å². The van der Waals surface area contributed by atoms with E-state index in [1.165, 1.54) is 5.56 Å². The van der Waals surface area contributed by atoms with Gasteiger partial charge in [-0.3, -0.25) is 4.79 Å². The molecule has 1 aromatic carbocycles. The van der Waals surface area contributed by atoms with Gasteiger partial charge < -0.3 is 14.5 Å². The first-order valence-electron chi connectivity index (χ1n) is 6.70. The van der Waals surface area contributed by atoms with Crippen LogP contribution in [0.25, 0.3) is 0 Å². The molecular formula is C16H19NO3. The highest BCUT2D eigenvalue weighted by atomic mass is 16.5. The fourth-order valence-corrected chi connectivity index (χ4v) is 1.92. The van der Waals surface area contributed by atoms with E-state index in [-0.39, 0.29) is 5.91 Å². The smallest absolute Gasteiger partial charge is 0.220 e. The average Bonchev–Trinajstić information content (AvgIpc) is 2.99. The van der Waals surface area contributed by atoms with Crippen LogP contribution in [0.1, 0.15) is 17.7 Å². The third kappa shape index (κ3) is 4.46. The van der Waals surface area contributed by atoms with E-state index < -0.39 is 0 Å². The Hall–Kier alpha value is -2.23. The van der Waals surface area contributed by atoms with Crippen LogP contribution < -0.4 is 10.1 Å². The molecule has 1 N–H and O–H groups in total. The standard InChI is InChI=1S/C16H19NO3/c1-19-14-6-4-13(5-7-14)10-11-17-16(18)9-8-15-3-2-12-20-15/h2-7,12H,8-11H2,1H3,(H,17,18). The van der Waals surface area contributed by atoms with Crippen LogP contribution in [-0.4, -0.2) is 19.6 Å². The minimum atomic E-state index is 0.0508. The molecule has 0 bridgehead atoms. The second-order valence-corrected chi connectivity index (χ2v) is 4.53. The summed E-state index contributed by atoms with van der Waals surface area (Å²) in [6.07, 6.45) is 3.53. The first-order valence-corrected chi connectivity index (χ1v) is 6.70. The Balaban J connectivity index is 1.65. The van der Waals surface area contributed by atoms with E-state index >= 15 is 0 Å². The fourth-order valence-electron chi connectivity index (χ4n) is 1.92. The lowest BCUT2D eigenvalue weighted by Gasteiger charge is -2.06. The maximum Gasteiger partial charge on any atom is 0.220 e. The molecule has 1 heterocycles. The Morgan fingerprint density at radius 3 is 2.65 bits per heavy atom. The van der Waals surface area contributed by atoms with Gasteiger partial charge in [0.25, 0.3) is 0 Å². The summed E-state index contributed by atoms with van der Waals surface area (Å²) < 4.78 is 10.3. The minimum absolute atomic E-state index is 0.0508. The van der Waals surface area contributed by atoms with Crippen LogP contribution in [0.15, 0.2) is 47.1 Å². The largest absolute Gasteiger partial charge is 0.497 e. The molecule has 0 aliphatic carbocycles. The van der Waals surface area contributed by atoms with Crippen LogP contribution in [0.5, 0.6) is 5.75 Å². The summed E-state index contributed by atoms with van der Waals surface area (Å²) in [4.78, 5) is 11.7. The van der Waals surface area contributed by atoms with Gasteiger partial charge in [0, 0.05) is 19.4 Å². The predicted octanol–water partition coefficient (Wildman–Crippen LogP) is 2.58. The van der Waals surface area contributed by atoms with Crippen molar-refractivity contribution >= 4 is 5.91 Å². The summed E-state index contributed by atoms with van der Waals surface area (Å²) in [5, 5.41) is 2.91. The molecule has 20 heavy (non-hydrogen) atoms. The van der Waals surface area contributed by atoms with Gasteiger partial charge in [-0.15, -0.1) is 0 Å². The molecule has 0 aliphatic heterocycles. The Bertz CT molecular complexity index is 517. The third-order valence-corrected chi connectivity index (χ3v) is 3.07. The Morgan fingerprint density at radius 2 is 2.00 bits per heavy atom. The van der Waals surface area contributed by atoms with Gasteiger partial charge in [0.2, 0.25) is 5.91 Å². The molecule has 4 nitrogen and oxygen atoms in total. The van der Waals surface area contributed by atoms with Gasteiger partial charge in [0.15, 0.2) is 0 Å². The molecule has 0 spiro atoms. The number of aryl methyl sites for hydroxylation is 1. The van der Waals surface area contributed by atoms with Crippen LogP contribution in [0.4, 0.5) is 0 Å². The second kappa shape index (κ2) is 7.38. The van der Waals surface area contributed by atoms with E-state index in [4.69, 9.17) is 9.15 Å². The third-order valence-electron chi connectivity index (χ3n) is 3.07. The topological polar surface area (TPSA) is 51.5 Å². The number of furan rings is 1. The number of hydrogen-bond acceptors (Lipinski definition) is 3. The number of carbonyl (C=O) groups is 1. The van der Waals surface area contributed by atoms with Crippen molar-refractivity contribution < 1.29 is 13.9 Å².